The maximum atomic E-state index is 11.1. The van der Waals surface area contributed by atoms with Crippen LogP contribution in [0, 0.1) is 5.92 Å². The van der Waals surface area contributed by atoms with Gasteiger partial charge in [0.05, 0.1) is 5.60 Å². The van der Waals surface area contributed by atoms with Gasteiger partial charge < -0.3 is 20.6 Å². The lowest BCUT2D eigenvalue weighted by Crippen LogP contribution is -2.45. The summed E-state index contributed by atoms with van der Waals surface area (Å²) < 4.78 is 0. The van der Waals surface area contributed by atoms with E-state index in [0.717, 1.165) is 0 Å². The van der Waals surface area contributed by atoms with Crippen molar-refractivity contribution in [2.45, 2.75) is 26.4 Å². The van der Waals surface area contributed by atoms with Gasteiger partial charge in [0.15, 0.2) is 0 Å². The van der Waals surface area contributed by atoms with Crippen LogP contribution >= 0.6 is 0 Å². The second-order valence-corrected chi connectivity index (χ2v) is 4.82. The maximum absolute atomic E-state index is 11.1. The van der Waals surface area contributed by atoms with Crippen molar-refractivity contribution >= 4 is 6.03 Å². The van der Waals surface area contributed by atoms with Crippen LogP contribution in [0.2, 0.25) is 0 Å². The number of nitrogens with one attached hydrogen (secondary N) is 2. The van der Waals surface area contributed by atoms with Gasteiger partial charge in [0.1, 0.15) is 0 Å². The third-order valence-corrected chi connectivity index (χ3v) is 2.71. The summed E-state index contributed by atoms with van der Waals surface area (Å²) in [5.74, 6) is 0.205. The number of amides is 2. The molecule has 96 valence electrons. The molecule has 0 aromatic heterocycles. The lowest BCUT2D eigenvalue weighted by atomic mass is 9.93. The molecule has 0 bridgehead atoms. The summed E-state index contributed by atoms with van der Waals surface area (Å²) in [6.07, 6.45) is 0. The van der Waals surface area contributed by atoms with E-state index in [1.54, 1.807) is 14.1 Å². The maximum Gasteiger partial charge on any atom is 0.316 e. The minimum Gasteiger partial charge on any atom is -0.389 e. The minimum atomic E-state index is -0.703. The molecule has 16 heavy (non-hydrogen) atoms. The lowest BCUT2D eigenvalue weighted by molar-refractivity contribution is 0.0145. The summed E-state index contributed by atoms with van der Waals surface area (Å²) >= 11 is 0. The molecule has 5 heteroatoms. The molecular formula is C11H25N3O2. The first-order chi connectivity index (χ1) is 7.27. The SMILES string of the molecule is CC(C)C(C)(O)CNCCNC(=O)N(C)C. The molecule has 1 unspecified atom stereocenters. The summed E-state index contributed by atoms with van der Waals surface area (Å²) in [5, 5.41) is 15.8. The van der Waals surface area contributed by atoms with Crippen LogP contribution in [0.5, 0.6) is 0 Å². The molecule has 2 amide bonds. The predicted octanol–water partition coefficient (Wildman–Crippen LogP) is 0.254. The molecule has 0 rings (SSSR count). The highest BCUT2D eigenvalue weighted by atomic mass is 16.3. The van der Waals surface area contributed by atoms with E-state index in [-0.39, 0.29) is 11.9 Å². The summed E-state index contributed by atoms with van der Waals surface area (Å²) in [6, 6.07) is -0.0996. The monoisotopic (exact) mass is 231 g/mol. The number of aliphatic hydroxyl groups is 1. The normalized spacial score (nSPS) is 14.7. The average Bonchev–Trinajstić information content (AvgIpc) is 2.16. The highest BCUT2D eigenvalue weighted by Crippen LogP contribution is 2.13. The Morgan fingerprint density at radius 3 is 2.38 bits per heavy atom. The van der Waals surface area contributed by atoms with E-state index >= 15 is 0 Å². The van der Waals surface area contributed by atoms with Crippen LogP contribution in [0.4, 0.5) is 4.79 Å². The van der Waals surface area contributed by atoms with Crippen LogP contribution in [0.15, 0.2) is 0 Å². The molecular weight excluding hydrogens is 206 g/mol. The summed E-state index contributed by atoms with van der Waals surface area (Å²) in [5.41, 5.74) is -0.703. The molecule has 0 aliphatic rings. The average molecular weight is 231 g/mol. The van der Waals surface area contributed by atoms with E-state index in [4.69, 9.17) is 0 Å². The molecule has 1 atom stereocenters. The van der Waals surface area contributed by atoms with E-state index in [9.17, 15) is 9.90 Å². The van der Waals surface area contributed by atoms with Crippen LogP contribution < -0.4 is 10.6 Å². The van der Waals surface area contributed by atoms with Gasteiger partial charge in [-0.15, -0.1) is 0 Å². The number of urea groups is 1. The van der Waals surface area contributed by atoms with Crippen LogP contribution in [-0.4, -0.2) is 55.4 Å². The Morgan fingerprint density at radius 2 is 1.94 bits per heavy atom. The first-order valence-corrected chi connectivity index (χ1v) is 5.65. The third kappa shape index (κ3) is 5.92. The Labute approximate surface area is 98.2 Å². The van der Waals surface area contributed by atoms with Crippen molar-refractivity contribution < 1.29 is 9.90 Å². The number of carbonyl (C=O) groups is 1. The van der Waals surface area contributed by atoms with Gasteiger partial charge in [0.25, 0.3) is 0 Å². The van der Waals surface area contributed by atoms with Gasteiger partial charge in [-0.3, -0.25) is 0 Å². The van der Waals surface area contributed by atoms with Crippen LogP contribution in [0.25, 0.3) is 0 Å². The molecule has 0 aliphatic heterocycles. The topological polar surface area (TPSA) is 64.6 Å². The fourth-order valence-corrected chi connectivity index (χ4v) is 0.962. The molecule has 5 nitrogen and oxygen atoms in total. The highest BCUT2D eigenvalue weighted by Gasteiger charge is 2.23. The fraction of sp³-hybridized carbons (Fsp3) is 0.909. The van der Waals surface area contributed by atoms with Crippen molar-refractivity contribution in [2.24, 2.45) is 5.92 Å². The molecule has 0 aromatic rings. The van der Waals surface area contributed by atoms with Crippen LogP contribution in [0.1, 0.15) is 20.8 Å². The van der Waals surface area contributed by atoms with Crippen molar-refractivity contribution in [3.8, 4) is 0 Å². The number of hydrogen-bond acceptors (Lipinski definition) is 3. The molecule has 0 fully saturated rings. The van der Waals surface area contributed by atoms with E-state index in [1.807, 2.05) is 20.8 Å². The Morgan fingerprint density at radius 1 is 1.38 bits per heavy atom. The summed E-state index contributed by atoms with van der Waals surface area (Å²) in [6.45, 7) is 7.52. The van der Waals surface area contributed by atoms with Crippen molar-refractivity contribution in [1.82, 2.24) is 15.5 Å². The number of hydrogen-bond donors (Lipinski definition) is 3. The van der Waals surface area contributed by atoms with E-state index in [1.165, 1.54) is 4.90 Å². The Balaban J connectivity index is 3.58. The zero-order chi connectivity index (χ0) is 12.8. The second kappa shape index (κ2) is 6.70. The smallest absolute Gasteiger partial charge is 0.316 e. The van der Waals surface area contributed by atoms with Crippen molar-refractivity contribution in [2.75, 3.05) is 33.7 Å². The van der Waals surface area contributed by atoms with Crippen molar-refractivity contribution in [3.63, 3.8) is 0 Å². The van der Waals surface area contributed by atoms with Gasteiger partial charge in [-0.25, -0.2) is 4.79 Å². The lowest BCUT2D eigenvalue weighted by Gasteiger charge is -2.28. The van der Waals surface area contributed by atoms with E-state index in [0.29, 0.717) is 19.6 Å². The number of rotatable bonds is 6. The van der Waals surface area contributed by atoms with E-state index < -0.39 is 5.60 Å². The Hall–Kier alpha value is -0.810. The number of carbonyl (C=O) groups excluding carboxylic acids is 1. The first-order valence-electron chi connectivity index (χ1n) is 5.65. The molecule has 0 aliphatic carbocycles. The third-order valence-electron chi connectivity index (χ3n) is 2.71. The van der Waals surface area contributed by atoms with Gasteiger partial charge in [0.2, 0.25) is 0 Å². The minimum absolute atomic E-state index is 0.0996. The van der Waals surface area contributed by atoms with Crippen molar-refractivity contribution in [1.29, 1.82) is 0 Å². The molecule has 0 saturated carbocycles. The Kier molecular flexibility index (Phi) is 6.36. The Bertz CT molecular complexity index is 215. The van der Waals surface area contributed by atoms with E-state index in [2.05, 4.69) is 10.6 Å². The zero-order valence-electron chi connectivity index (χ0n) is 11.0. The molecule has 0 radical (unpaired) electrons. The fourth-order valence-electron chi connectivity index (χ4n) is 0.962. The molecule has 0 heterocycles. The van der Waals surface area contributed by atoms with Crippen molar-refractivity contribution in [3.05, 3.63) is 0 Å². The zero-order valence-corrected chi connectivity index (χ0v) is 11.0. The highest BCUT2D eigenvalue weighted by molar-refractivity contribution is 5.73. The quantitative estimate of drug-likeness (QED) is 0.574. The van der Waals surface area contributed by atoms with Gasteiger partial charge in [0, 0.05) is 33.7 Å². The summed E-state index contributed by atoms with van der Waals surface area (Å²) in [7, 11) is 3.40. The van der Waals surface area contributed by atoms with Gasteiger partial charge in [-0.1, -0.05) is 13.8 Å². The standard InChI is InChI=1S/C11H25N3O2/c1-9(2)11(3,16)8-12-6-7-13-10(15)14(4)5/h9,12,16H,6-8H2,1-5H3,(H,13,15). The molecule has 3 N–H and O–H groups in total. The molecule has 0 spiro atoms. The van der Waals surface area contributed by atoms with Gasteiger partial charge >= 0.3 is 6.03 Å². The largest absolute Gasteiger partial charge is 0.389 e. The van der Waals surface area contributed by atoms with Gasteiger partial charge in [-0.2, -0.15) is 0 Å². The molecule has 0 aromatic carbocycles. The first kappa shape index (κ1) is 15.2. The predicted molar refractivity (Wildman–Crippen MR) is 65.4 cm³/mol. The molecule has 0 saturated heterocycles. The van der Waals surface area contributed by atoms with Crippen LogP contribution in [-0.2, 0) is 0 Å². The van der Waals surface area contributed by atoms with Crippen LogP contribution in [0.3, 0.4) is 0 Å². The van der Waals surface area contributed by atoms with Gasteiger partial charge in [-0.05, 0) is 12.8 Å². The second-order valence-electron chi connectivity index (χ2n) is 4.82. The summed E-state index contributed by atoms with van der Waals surface area (Å²) in [4.78, 5) is 12.6. The number of nitrogens with zero attached hydrogens (tertiary/aromatic N) is 1.